The number of nitrogens with zero attached hydrogens (tertiary/aromatic N) is 1. The second-order valence-electron chi connectivity index (χ2n) is 15.2. The van der Waals surface area contributed by atoms with Crippen molar-refractivity contribution in [2.24, 2.45) is 11.8 Å². The molecule has 5 atom stereocenters. The van der Waals surface area contributed by atoms with Crippen LogP contribution in [0.3, 0.4) is 0 Å². The number of aromatic amines is 1. The van der Waals surface area contributed by atoms with E-state index < -0.39 is 57.7 Å². The first-order valence-electron chi connectivity index (χ1n) is 19.1. The summed E-state index contributed by atoms with van der Waals surface area (Å²) in [5, 5.41) is 22.8. The highest BCUT2D eigenvalue weighted by molar-refractivity contribution is 7.91. The zero-order chi connectivity index (χ0) is 38.7. The molecule has 0 bridgehead atoms. The maximum atomic E-state index is 14.2. The van der Waals surface area contributed by atoms with Crippen molar-refractivity contribution in [3.63, 3.8) is 0 Å². The van der Waals surface area contributed by atoms with Crippen molar-refractivity contribution in [2.75, 3.05) is 12.3 Å². The molecule has 1 fully saturated rings. The molecular weight excluding hydrogens is 709 g/mol. The van der Waals surface area contributed by atoms with E-state index in [4.69, 9.17) is 0 Å². The lowest BCUT2D eigenvalue weighted by Gasteiger charge is -2.31. The number of benzene rings is 2. The molecule has 1 aliphatic heterocycles. The number of imidazole rings is 1. The molecule has 0 spiro atoms. The number of aliphatic hydroxyl groups is 1. The van der Waals surface area contributed by atoms with E-state index in [1.165, 1.54) is 6.33 Å². The number of carbonyl (C=O) groups excluding carboxylic acids is 4. The first-order chi connectivity index (χ1) is 25.9. The Morgan fingerprint density at radius 3 is 2.26 bits per heavy atom. The van der Waals surface area contributed by atoms with Crippen LogP contribution in [0.2, 0.25) is 0 Å². The first kappa shape index (κ1) is 40.6. The molecule has 6 N–H and O–H groups in total. The van der Waals surface area contributed by atoms with Gasteiger partial charge in [-0.15, -0.1) is 0 Å². The van der Waals surface area contributed by atoms with Crippen LogP contribution in [0.15, 0.2) is 72.0 Å². The molecule has 2 heterocycles. The van der Waals surface area contributed by atoms with E-state index in [1.807, 2.05) is 44.2 Å². The summed E-state index contributed by atoms with van der Waals surface area (Å²) in [5.41, 5.74) is 1.86. The molecular formula is C40H54N6O7S. The highest BCUT2D eigenvalue weighted by Crippen LogP contribution is 2.36. The Hall–Kier alpha value is -4.56. The molecule has 1 saturated carbocycles. The molecule has 1 aliphatic carbocycles. The van der Waals surface area contributed by atoms with Crippen molar-refractivity contribution < 1.29 is 32.7 Å². The molecule has 1 aromatic heterocycles. The van der Waals surface area contributed by atoms with Crippen molar-refractivity contribution in [1.29, 1.82) is 0 Å². The third-order valence-electron chi connectivity index (χ3n) is 10.3. The van der Waals surface area contributed by atoms with E-state index in [2.05, 4.69) is 31.2 Å². The van der Waals surface area contributed by atoms with Gasteiger partial charge in [-0.25, -0.2) is 13.4 Å². The summed E-state index contributed by atoms with van der Waals surface area (Å²) in [6.45, 7) is 4.43. The predicted octanol–water partition coefficient (Wildman–Crippen LogP) is 3.10. The normalized spacial score (nSPS) is 18.9. The fraction of sp³-hybridized carbons (Fsp3) is 0.525. The lowest BCUT2D eigenvalue weighted by Crippen LogP contribution is -2.57. The summed E-state index contributed by atoms with van der Waals surface area (Å²) >= 11 is 0. The Balaban J connectivity index is 1.33. The van der Waals surface area contributed by atoms with Crippen molar-refractivity contribution in [3.8, 4) is 0 Å². The number of aliphatic hydroxyl groups excluding tert-OH is 1. The van der Waals surface area contributed by atoms with Gasteiger partial charge in [0.25, 0.3) is 0 Å². The minimum Gasteiger partial charge on any atom is -0.390 e. The monoisotopic (exact) mass is 762 g/mol. The number of hydrogen-bond acceptors (Lipinski definition) is 8. The van der Waals surface area contributed by atoms with Crippen LogP contribution in [0.4, 0.5) is 0 Å². The average molecular weight is 763 g/mol. The second-order valence-corrected chi connectivity index (χ2v) is 17.2. The number of rotatable bonds is 18. The van der Waals surface area contributed by atoms with Crippen LogP contribution >= 0.6 is 0 Å². The largest absolute Gasteiger partial charge is 0.390 e. The van der Waals surface area contributed by atoms with Crippen LogP contribution in [0.25, 0.3) is 0 Å². The molecule has 0 radical (unpaired) electrons. The lowest BCUT2D eigenvalue weighted by atomic mass is 9.83. The third kappa shape index (κ3) is 11.7. The topological polar surface area (TPSA) is 199 Å². The Labute approximate surface area is 317 Å². The van der Waals surface area contributed by atoms with Gasteiger partial charge in [0.15, 0.2) is 9.84 Å². The van der Waals surface area contributed by atoms with Crippen molar-refractivity contribution in [1.82, 2.24) is 31.2 Å². The standard InChI is InChI=1S/C40H54N6O7S/c1-26(2)22-42-37(48)21-35(47)32(17-27-11-5-3-6-12-27)45-40(51)34(20-30-23-41-25-43-30)46-39(50)33(18-28-13-7-4-8-14-28)44-38(49)19-29-24-54(52,53)36-16-10-9-15-31(29)36/h4,7-10,13-16,23,25-27,29,32-35,47H,3,5-6,11-12,17-22,24H2,1-2H3,(H,41,43)(H,42,48)(H,44,49)(H,45,51)(H,46,50)/t29?,32-,33-,34-,35-/m0/s1. The molecule has 2 aliphatic rings. The van der Waals surface area contributed by atoms with Crippen molar-refractivity contribution in [3.05, 3.63) is 83.9 Å². The zero-order valence-electron chi connectivity index (χ0n) is 31.1. The van der Waals surface area contributed by atoms with Gasteiger partial charge in [-0.1, -0.05) is 94.5 Å². The Kier molecular flexibility index (Phi) is 14.4. The maximum absolute atomic E-state index is 14.2. The van der Waals surface area contributed by atoms with Crippen LogP contribution in [0.5, 0.6) is 0 Å². The Bertz CT molecular complexity index is 1810. The lowest BCUT2D eigenvalue weighted by molar-refractivity contribution is -0.133. The molecule has 54 heavy (non-hydrogen) atoms. The van der Waals surface area contributed by atoms with Gasteiger partial charge < -0.3 is 31.4 Å². The quantitative estimate of drug-likeness (QED) is 0.114. The Morgan fingerprint density at radius 1 is 0.870 bits per heavy atom. The van der Waals surface area contributed by atoms with Crippen molar-refractivity contribution in [2.45, 2.75) is 113 Å². The number of hydrogen-bond donors (Lipinski definition) is 6. The van der Waals surface area contributed by atoms with Gasteiger partial charge in [0, 0.05) is 37.9 Å². The summed E-state index contributed by atoms with van der Waals surface area (Å²) < 4.78 is 25.6. The highest BCUT2D eigenvalue weighted by atomic mass is 32.2. The molecule has 14 heteroatoms. The fourth-order valence-electron chi connectivity index (χ4n) is 7.44. The van der Waals surface area contributed by atoms with Crippen LogP contribution < -0.4 is 21.3 Å². The molecule has 4 amide bonds. The number of aromatic nitrogens is 2. The van der Waals surface area contributed by atoms with E-state index in [9.17, 15) is 32.7 Å². The van der Waals surface area contributed by atoms with E-state index in [1.54, 1.807) is 30.5 Å². The average Bonchev–Trinajstić information content (AvgIpc) is 3.75. The minimum absolute atomic E-state index is 0.0188. The summed E-state index contributed by atoms with van der Waals surface area (Å²) in [6.07, 6.45) is 7.42. The second kappa shape index (κ2) is 19.2. The summed E-state index contributed by atoms with van der Waals surface area (Å²) in [7, 11) is -3.54. The molecule has 0 saturated heterocycles. The van der Waals surface area contributed by atoms with Crippen LogP contribution in [-0.2, 0) is 41.9 Å². The van der Waals surface area contributed by atoms with E-state index in [0.717, 1.165) is 37.7 Å². The first-order valence-corrected chi connectivity index (χ1v) is 20.7. The van der Waals surface area contributed by atoms with Crippen LogP contribution in [-0.4, -0.2) is 83.6 Å². The van der Waals surface area contributed by atoms with Gasteiger partial charge in [-0.05, 0) is 35.4 Å². The number of nitrogens with one attached hydrogen (secondary N) is 5. The number of carbonyl (C=O) groups is 4. The van der Waals surface area contributed by atoms with E-state index in [-0.39, 0.29) is 54.1 Å². The summed E-state index contributed by atoms with van der Waals surface area (Å²) in [5.74, 6) is -2.23. The fourth-order valence-corrected chi connectivity index (χ4v) is 9.33. The van der Waals surface area contributed by atoms with Gasteiger partial charge in [-0.2, -0.15) is 0 Å². The molecule has 2 aromatic carbocycles. The number of H-pyrrole nitrogens is 1. The van der Waals surface area contributed by atoms with Gasteiger partial charge in [0.2, 0.25) is 23.6 Å². The number of amides is 4. The summed E-state index contributed by atoms with van der Waals surface area (Å²) in [6, 6.07) is 12.8. The van der Waals surface area contributed by atoms with Crippen molar-refractivity contribution >= 4 is 33.5 Å². The predicted molar refractivity (Wildman–Crippen MR) is 204 cm³/mol. The smallest absolute Gasteiger partial charge is 0.243 e. The van der Waals surface area contributed by atoms with Gasteiger partial charge in [0.05, 0.1) is 41.2 Å². The minimum atomic E-state index is -3.54. The van der Waals surface area contributed by atoms with E-state index >= 15 is 0 Å². The molecule has 3 aromatic rings. The number of sulfone groups is 1. The Morgan fingerprint density at radius 2 is 1.56 bits per heavy atom. The number of fused-ring (bicyclic) bond motifs is 1. The molecule has 5 rings (SSSR count). The van der Waals surface area contributed by atoms with Gasteiger partial charge in [0.1, 0.15) is 12.1 Å². The molecule has 1 unspecified atom stereocenters. The highest BCUT2D eigenvalue weighted by Gasteiger charge is 2.37. The SMILES string of the molecule is CC(C)CNC(=O)C[C@H](O)[C@H](CC1CCCCC1)NC(=O)[C@H](Cc1c[nH]cn1)NC(=O)[C@H](Cc1ccccc1)NC(=O)CC1CS(=O)(=O)c2ccccc21. The van der Waals surface area contributed by atoms with Gasteiger partial charge in [-0.3, -0.25) is 19.2 Å². The molecule has 13 nitrogen and oxygen atoms in total. The maximum Gasteiger partial charge on any atom is 0.243 e. The zero-order valence-corrected chi connectivity index (χ0v) is 31.9. The molecule has 292 valence electrons. The van der Waals surface area contributed by atoms with E-state index in [0.29, 0.717) is 24.2 Å². The third-order valence-corrected chi connectivity index (χ3v) is 12.2. The van der Waals surface area contributed by atoms with Crippen LogP contribution in [0, 0.1) is 11.8 Å². The van der Waals surface area contributed by atoms with Crippen LogP contribution in [0.1, 0.15) is 88.0 Å². The summed E-state index contributed by atoms with van der Waals surface area (Å²) in [4.78, 5) is 61.9. The van der Waals surface area contributed by atoms with Gasteiger partial charge >= 0.3 is 0 Å².